The van der Waals surface area contributed by atoms with Crippen LogP contribution in [0, 0.1) is 0 Å². The summed E-state index contributed by atoms with van der Waals surface area (Å²) in [7, 11) is 0. The van der Waals surface area contributed by atoms with Crippen molar-refractivity contribution in [2.45, 2.75) is 19.4 Å². The summed E-state index contributed by atoms with van der Waals surface area (Å²) in [6.45, 7) is 4.93. The van der Waals surface area contributed by atoms with Gasteiger partial charge in [-0.3, -0.25) is 14.7 Å². The van der Waals surface area contributed by atoms with E-state index in [1.807, 2.05) is 37.4 Å². The topological polar surface area (TPSA) is 112 Å². The van der Waals surface area contributed by atoms with E-state index in [0.29, 0.717) is 55.8 Å². The van der Waals surface area contributed by atoms with Crippen LogP contribution in [0.5, 0.6) is 0 Å². The molecule has 1 saturated heterocycles. The Labute approximate surface area is 195 Å². The van der Waals surface area contributed by atoms with Gasteiger partial charge < -0.3 is 19.0 Å². The third-order valence-corrected chi connectivity index (χ3v) is 6.35. The van der Waals surface area contributed by atoms with E-state index in [2.05, 4.69) is 14.9 Å². The largest absolute Gasteiger partial charge is 0.442 e. The number of rotatable bonds is 6. The second-order valence-corrected chi connectivity index (χ2v) is 8.58. The second kappa shape index (κ2) is 9.18. The van der Waals surface area contributed by atoms with Crippen LogP contribution in [0.1, 0.15) is 35.4 Å². The molecule has 1 unspecified atom stereocenters. The predicted molar refractivity (Wildman–Crippen MR) is 127 cm³/mol. The van der Waals surface area contributed by atoms with Crippen LogP contribution in [0.4, 0.5) is 4.79 Å². The number of fused-ring (bicyclic) bond motifs is 2. The molecule has 0 radical (unpaired) electrons. The minimum absolute atomic E-state index is 0.0135. The first-order valence-electron chi connectivity index (χ1n) is 11.4. The van der Waals surface area contributed by atoms with Crippen LogP contribution >= 0.6 is 0 Å². The zero-order valence-corrected chi connectivity index (χ0v) is 18.9. The number of Topliss-reactive ketones (excluding diaryl/α,β-unsaturated/α-hetero) is 1. The number of benzene rings is 2. The van der Waals surface area contributed by atoms with Crippen molar-refractivity contribution in [1.82, 2.24) is 19.8 Å². The van der Waals surface area contributed by atoms with E-state index in [0.717, 1.165) is 16.5 Å². The molecule has 1 aliphatic heterocycles. The molecule has 0 spiro atoms. The maximum atomic E-state index is 12.7. The number of piperazine rings is 1. The fourth-order valence-electron chi connectivity index (χ4n) is 4.29. The summed E-state index contributed by atoms with van der Waals surface area (Å²) >= 11 is 0. The number of hydrogen-bond acceptors (Lipinski definition) is 6. The summed E-state index contributed by atoms with van der Waals surface area (Å²) in [5.41, 5.74) is 3.43. The van der Waals surface area contributed by atoms with Gasteiger partial charge in [0.05, 0.1) is 5.52 Å². The van der Waals surface area contributed by atoms with Gasteiger partial charge in [0.1, 0.15) is 6.10 Å². The van der Waals surface area contributed by atoms with Crippen LogP contribution in [-0.4, -0.2) is 64.4 Å². The highest BCUT2D eigenvalue weighted by Gasteiger charge is 2.24. The van der Waals surface area contributed by atoms with E-state index < -0.39 is 5.76 Å². The van der Waals surface area contributed by atoms with Gasteiger partial charge in [0, 0.05) is 56.4 Å². The Kier molecular flexibility index (Phi) is 5.93. The molecule has 0 aliphatic carbocycles. The highest BCUT2D eigenvalue weighted by atomic mass is 16.6. The van der Waals surface area contributed by atoms with Crippen LogP contribution in [-0.2, 0) is 4.74 Å². The fraction of sp³-hybridized carbons (Fsp3) is 0.320. The maximum absolute atomic E-state index is 12.7. The fourth-order valence-corrected chi connectivity index (χ4v) is 4.29. The van der Waals surface area contributed by atoms with E-state index in [4.69, 9.17) is 9.15 Å². The summed E-state index contributed by atoms with van der Waals surface area (Å²) in [5, 5.41) is 1.12. The summed E-state index contributed by atoms with van der Waals surface area (Å²) < 4.78 is 10.7. The molecule has 9 heteroatoms. The molecule has 2 N–H and O–H groups in total. The lowest BCUT2D eigenvalue weighted by Crippen LogP contribution is -2.49. The van der Waals surface area contributed by atoms with Crippen LogP contribution in [0.3, 0.4) is 0 Å². The van der Waals surface area contributed by atoms with Crippen molar-refractivity contribution in [3.63, 3.8) is 0 Å². The van der Waals surface area contributed by atoms with Gasteiger partial charge in [-0.25, -0.2) is 9.59 Å². The molecule has 1 fully saturated rings. The average molecular weight is 463 g/mol. The molecule has 2 aromatic carbocycles. The smallest absolute Gasteiger partial charge is 0.417 e. The summed E-state index contributed by atoms with van der Waals surface area (Å²) in [6.07, 6.45) is 1.56. The molecule has 34 heavy (non-hydrogen) atoms. The van der Waals surface area contributed by atoms with Gasteiger partial charge in [0.2, 0.25) is 0 Å². The van der Waals surface area contributed by atoms with Crippen molar-refractivity contribution in [1.29, 1.82) is 0 Å². The van der Waals surface area contributed by atoms with Gasteiger partial charge >= 0.3 is 11.8 Å². The Morgan fingerprint density at radius 2 is 1.88 bits per heavy atom. The van der Waals surface area contributed by atoms with Crippen LogP contribution in [0.2, 0.25) is 0 Å². The minimum Gasteiger partial charge on any atom is -0.442 e. The Bertz CT molecular complexity index is 1390. The number of amides is 1. The maximum Gasteiger partial charge on any atom is 0.417 e. The number of H-pyrrole nitrogens is 2. The summed E-state index contributed by atoms with van der Waals surface area (Å²) in [6, 6.07) is 13.0. The number of ketones is 1. The zero-order valence-electron chi connectivity index (χ0n) is 18.9. The first-order valence-corrected chi connectivity index (χ1v) is 11.4. The van der Waals surface area contributed by atoms with E-state index >= 15 is 0 Å². The van der Waals surface area contributed by atoms with Crippen molar-refractivity contribution in [3.05, 3.63) is 70.3 Å². The number of ether oxygens (including phenoxy) is 1. The zero-order chi connectivity index (χ0) is 23.7. The van der Waals surface area contributed by atoms with E-state index in [1.54, 1.807) is 23.1 Å². The number of aromatic amines is 2. The monoisotopic (exact) mass is 462 g/mol. The number of hydrogen-bond donors (Lipinski definition) is 2. The van der Waals surface area contributed by atoms with E-state index in [-0.39, 0.29) is 18.0 Å². The molecule has 0 bridgehead atoms. The number of nitrogens with zero attached hydrogens (tertiary/aromatic N) is 2. The number of carbonyl (C=O) groups is 2. The quantitative estimate of drug-likeness (QED) is 0.423. The highest BCUT2D eigenvalue weighted by Crippen LogP contribution is 2.23. The molecule has 2 aromatic heterocycles. The van der Waals surface area contributed by atoms with Crippen molar-refractivity contribution in [3.8, 4) is 0 Å². The van der Waals surface area contributed by atoms with Gasteiger partial charge in [0.25, 0.3) is 0 Å². The SMILES string of the molecule is CC(OC(=O)N1CCN(CCC(=O)c2ccc3[nH]c(=O)oc3c2)CC1)c1ccc2cc[nH]c2c1. The first kappa shape index (κ1) is 22.0. The van der Waals surface area contributed by atoms with E-state index in [9.17, 15) is 14.4 Å². The van der Waals surface area contributed by atoms with Gasteiger partial charge in [-0.2, -0.15) is 0 Å². The molecular weight excluding hydrogens is 436 g/mol. The van der Waals surface area contributed by atoms with Crippen LogP contribution < -0.4 is 5.76 Å². The summed E-state index contributed by atoms with van der Waals surface area (Å²) in [4.78, 5) is 46.1. The Morgan fingerprint density at radius 1 is 1.06 bits per heavy atom. The van der Waals surface area contributed by atoms with Crippen molar-refractivity contribution >= 4 is 33.9 Å². The Balaban J connectivity index is 1.09. The summed E-state index contributed by atoms with van der Waals surface area (Å²) in [5.74, 6) is -0.549. The Hall–Kier alpha value is -3.85. The number of carbonyl (C=O) groups excluding carboxylic acids is 2. The minimum atomic E-state index is -0.535. The molecule has 9 nitrogen and oxygen atoms in total. The lowest BCUT2D eigenvalue weighted by atomic mass is 10.1. The Morgan fingerprint density at radius 3 is 2.71 bits per heavy atom. The molecule has 4 aromatic rings. The molecule has 1 aliphatic rings. The standard InChI is InChI=1S/C25H26N4O5/c1-16(18-3-2-17-6-8-26-21(17)14-18)33-25(32)29-12-10-28(11-13-29)9-7-22(30)19-4-5-20-23(15-19)34-24(31)27-20/h2-6,8,14-16,26H,7,9-13H2,1H3,(H,27,31). The second-order valence-electron chi connectivity index (χ2n) is 8.58. The predicted octanol–water partition coefficient (Wildman–Crippen LogP) is 3.69. The molecular formula is C25H26N4O5. The third-order valence-electron chi connectivity index (χ3n) is 6.35. The first-order chi connectivity index (χ1) is 16.5. The van der Waals surface area contributed by atoms with E-state index in [1.165, 1.54) is 0 Å². The van der Waals surface area contributed by atoms with Gasteiger partial charge in [0.15, 0.2) is 11.4 Å². The lowest BCUT2D eigenvalue weighted by Gasteiger charge is -2.34. The van der Waals surface area contributed by atoms with Crippen LogP contribution in [0.25, 0.3) is 22.0 Å². The number of aromatic nitrogens is 2. The molecule has 5 rings (SSSR count). The molecule has 0 saturated carbocycles. The highest BCUT2D eigenvalue weighted by molar-refractivity contribution is 5.98. The number of nitrogens with one attached hydrogen (secondary N) is 2. The van der Waals surface area contributed by atoms with Crippen molar-refractivity contribution in [2.24, 2.45) is 0 Å². The molecule has 3 heterocycles. The molecule has 1 atom stereocenters. The van der Waals surface area contributed by atoms with Gasteiger partial charge in [-0.1, -0.05) is 12.1 Å². The van der Waals surface area contributed by atoms with Gasteiger partial charge in [-0.05, 0) is 48.2 Å². The molecule has 176 valence electrons. The van der Waals surface area contributed by atoms with Crippen molar-refractivity contribution in [2.75, 3.05) is 32.7 Å². The normalized spacial score (nSPS) is 15.6. The van der Waals surface area contributed by atoms with Gasteiger partial charge in [-0.15, -0.1) is 0 Å². The van der Waals surface area contributed by atoms with Crippen LogP contribution in [0.15, 0.2) is 57.9 Å². The average Bonchev–Trinajstić information content (AvgIpc) is 3.47. The van der Waals surface area contributed by atoms with Crippen molar-refractivity contribution < 1.29 is 18.7 Å². The third kappa shape index (κ3) is 4.60. The lowest BCUT2D eigenvalue weighted by molar-refractivity contribution is 0.0508. The molecule has 1 amide bonds. The number of oxazole rings is 1.